The molecule has 0 atom stereocenters. The van der Waals surface area contributed by atoms with E-state index in [1.165, 1.54) is 0 Å². The van der Waals surface area contributed by atoms with Crippen LogP contribution >= 0.6 is 27.5 Å². The van der Waals surface area contributed by atoms with Crippen LogP contribution in [0.25, 0.3) is 0 Å². The van der Waals surface area contributed by atoms with Crippen molar-refractivity contribution < 1.29 is 9.53 Å². The number of carbonyl (C=O) groups excluding carboxylic acids is 1. The highest BCUT2D eigenvalue weighted by Crippen LogP contribution is 2.21. The first-order chi connectivity index (χ1) is 9.61. The number of rotatable bonds is 4. The van der Waals surface area contributed by atoms with Crippen molar-refractivity contribution in [3.8, 4) is 0 Å². The summed E-state index contributed by atoms with van der Waals surface area (Å²) in [4.78, 5) is 14.4. The molecule has 0 spiro atoms. The molecule has 1 aliphatic heterocycles. The second kappa shape index (κ2) is 7.43. The molecule has 2 rings (SSSR count). The van der Waals surface area contributed by atoms with Gasteiger partial charge in [-0.1, -0.05) is 22.0 Å². The summed E-state index contributed by atoms with van der Waals surface area (Å²) in [7, 11) is 0. The Bertz CT molecular complexity index is 473. The van der Waals surface area contributed by atoms with Crippen LogP contribution in [0, 0.1) is 6.92 Å². The van der Waals surface area contributed by atoms with Crippen LogP contribution < -0.4 is 0 Å². The van der Waals surface area contributed by atoms with Crippen molar-refractivity contribution in [3.63, 3.8) is 0 Å². The summed E-state index contributed by atoms with van der Waals surface area (Å²) in [6, 6.07) is 5.82. The average molecular weight is 361 g/mol. The molecule has 3 nitrogen and oxygen atoms in total. The fourth-order valence-electron chi connectivity index (χ4n) is 2.43. The molecule has 110 valence electrons. The SMILES string of the molecule is Cc1ccc(Br)cc1C(=O)N1CCC(OCCCl)CC1. The molecule has 0 aromatic heterocycles. The zero-order valence-electron chi connectivity index (χ0n) is 11.6. The summed E-state index contributed by atoms with van der Waals surface area (Å²) in [6.45, 7) is 4.05. The van der Waals surface area contributed by atoms with Crippen molar-refractivity contribution in [1.29, 1.82) is 0 Å². The molecule has 1 aromatic rings. The Morgan fingerprint density at radius 2 is 2.15 bits per heavy atom. The number of nitrogens with zero attached hydrogens (tertiary/aromatic N) is 1. The van der Waals surface area contributed by atoms with Gasteiger partial charge in [0.25, 0.3) is 5.91 Å². The van der Waals surface area contributed by atoms with Crippen molar-refractivity contribution in [3.05, 3.63) is 33.8 Å². The zero-order chi connectivity index (χ0) is 14.5. The molecular formula is C15H19BrClNO2. The second-order valence-corrected chi connectivity index (χ2v) is 6.30. The van der Waals surface area contributed by atoms with Gasteiger partial charge in [0.15, 0.2) is 0 Å². The van der Waals surface area contributed by atoms with E-state index < -0.39 is 0 Å². The lowest BCUT2D eigenvalue weighted by Gasteiger charge is -2.32. The molecule has 1 heterocycles. The van der Waals surface area contributed by atoms with E-state index in [9.17, 15) is 4.79 Å². The number of alkyl halides is 1. The van der Waals surface area contributed by atoms with Gasteiger partial charge in [-0.2, -0.15) is 0 Å². The number of hydrogen-bond acceptors (Lipinski definition) is 2. The third kappa shape index (κ3) is 3.96. The number of likely N-dealkylation sites (tertiary alicyclic amines) is 1. The third-order valence-corrected chi connectivity index (χ3v) is 4.24. The molecular weight excluding hydrogens is 342 g/mol. The zero-order valence-corrected chi connectivity index (χ0v) is 13.9. The number of hydrogen-bond donors (Lipinski definition) is 0. The molecule has 5 heteroatoms. The summed E-state index contributed by atoms with van der Waals surface area (Å²) < 4.78 is 6.57. The standard InChI is InChI=1S/C15H19BrClNO2/c1-11-2-3-12(16)10-14(11)15(19)18-7-4-13(5-8-18)20-9-6-17/h2-3,10,13H,4-9H2,1H3. The lowest BCUT2D eigenvalue weighted by Crippen LogP contribution is -2.41. The fraction of sp³-hybridized carbons (Fsp3) is 0.533. The molecule has 20 heavy (non-hydrogen) atoms. The van der Waals surface area contributed by atoms with E-state index >= 15 is 0 Å². The molecule has 0 aliphatic carbocycles. The maximum atomic E-state index is 12.5. The summed E-state index contributed by atoms with van der Waals surface area (Å²) >= 11 is 9.04. The van der Waals surface area contributed by atoms with Crippen LogP contribution in [0.2, 0.25) is 0 Å². The minimum absolute atomic E-state index is 0.111. The lowest BCUT2D eigenvalue weighted by atomic mass is 10.0. The first kappa shape index (κ1) is 15.8. The highest BCUT2D eigenvalue weighted by Gasteiger charge is 2.24. The summed E-state index contributed by atoms with van der Waals surface area (Å²) in [6.07, 6.45) is 2.01. The first-order valence-electron chi connectivity index (χ1n) is 6.85. The van der Waals surface area contributed by atoms with Crippen LogP contribution in [0.4, 0.5) is 0 Å². The van der Waals surface area contributed by atoms with Gasteiger partial charge in [0.2, 0.25) is 0 Å². The Morgan fingerprint density at radius 1 is 1.45 bits per heavy atom. The van der Waals surface area contributed by atoms with E-state index in [1.807, 2.05) is 30.0 Å². The Hall–Kier alpha value is -0.580. The van der Waals surface area contributed by atoms with Gasteiger partial charge in [0.05, 0.1) is 12.7 Å². The number of benzene rings is 1. The maximum absolute atomic E-state index is 12.5. The molecule has 1 aliphatic rings. The molecule has 0 radical (unpaired) electrons. The van der Waals surface area contributed by atoms with Crippen LogP contribution in [0.5, 0.6) is 0 Å². The topological polar surface area (TPSA) is 29.5 Å². The molecule has 0 unspecified atom stereocenters. The van der Waals surface area contributed by atoms with Crippen molar-refractivity contribution in [2.75, 3.05) is 25.6 Å². The van der Waals surface area contributed by atoms with Gasteiger partial charge in [0.1, 0.15) is 0 Å². The second-order valence-electron chi connectivity index (χ2n) is 5.01. The van der Waals surface area contributed by atoms with Crippen molar-refractivity contribution in [2.45, 2.75) is 25.9 Å². The molecule has 1 aromatic carbocycles. The largest absolute Gasteiger partial charge is 0.377 e. The minimum Gasteiger partial charge on any atom is -0.377 e. The molecule has 1 saturated heterocycles. The highest BCUT2D eigenvalue weighted by molar-refractivity contribution is 9.10. The Labute approximate surface area is 133 Å². The predicted molar refractivity (Wildman–Crippen MR) is 84.5 cm³/mol. The highest BCUT2D eigenvalue weighted by atomic mass is 79.9. The van der Waals surface area contributed by atoms with Gasteiger partial charge in [-0.25, -0.2) is 0 Å². The molecule has 0 N–H and O–H groups in total. The van der Waals surface area contributed by atoms with Gasteiger partial charge in [0, 0.05) is 29.0 Å². The van der Waals surface area contributed by atoms with Gasteiger partial charge in [-0.05, 0) is 37.5 Å². The number of amides is 1. The average Bonchev–Trinajstić information content (AvgIpc) is 2.47. The number of carbonyl (C=O) groups is 1. The Kier molecular flexibility index (Phi) is 5.87. The summed E-state index contributed by atoms with van der Waals surface area (Å²) in [5.41, 5.74) is 1.79. The summed E-state index contributed by atoms with van der Waals surface area (Å²) in [5, 5.41) is 0. The number of aryl methyl sites for hydroxylation is 1. The van der Waals surface area contributed by atoms with E-state index in [-0.39, 0.29) is 12.0 Å². The van der Waals surface area contributed by atoms with Gasteiger partial charge in [-0.3, -0.25) is 4.79 Å². The quantitative estimate of drug-likeness (QED) is 0.768. The van der Waals surface area contributed by atoms with E-state index in [0.717, 1.165) is 41.5 Å². The summed E-state index contributed by atoms with van der Waals surface area (Å²) in [5.74, 6) is 0.635. The molecule has 1 amide bonds. The van der Waals surface area contributed by atoms with Crippen LogP contribution in [0.1, 0.15) is 28.8 Å². The number of ether oxygens (including phenoxy) is 1. The minimum atomic E-state index is 0.111. The smallest absolute Gasteiger partial charge is 0.254 e. The Balaban J connectivity index is 1.96. The predicted octanol–water partition coefficient (Wildman–Crippen LogP) is 3.62. The maximum Gasteiger partial charge on any atom is 0.254 e. The van der Waals surface area contributed by atoms with Crippen LogP contribution in [0.15, 0.2) is 22.7 Å². The van der Waals surface area contributed by atoms with E-state index in [0.29, 0.717) is 12.5 Å². The van der Waals surface area contributed by atoms with Crippen molar-refractivity contribution in [1.82, 2.24) is 4.90 Å². The fourth-order valence-corrected chi connectivity index (χ4v) is 2.88. The van der Waals surface area contributed by atoms with E-state index in [2.05, 4.69) is 15.9 Å². The molecule has 1 fully saturated rings. The van der Waals surface area contributed by atoms with E-state index in [4.69, 9.17) is 16.3 Å². The molecule has 0 saturated carbocycles. The van der Waals surface area contributed by atoms with Gasteiger partial charge >= 0.3 is 0 Å². The van der Waals surface area contributed by atoms with Crippen LogP contribution in [0.3, 0.4) is 0 Å². The van der Waals surface area contributed by atoms with Crippen molar-refractivity contribution >= 4 is 33.4 Å². The Morgan fingerprint density at radius 3 is 2.80 bits per heavy atom. The first-order valence-corrected chi connectivity index (χ1v) is 8.17. The van der Waals surface area contributed by atoms with Crippen LogP contribution in [-0.4, -0.2) is 42.5 Å². The van der Waals surface area contributed by atoms with Crippen molar-refractivity contribution in [2.24, 2.45) is 0 Å². The lowest BCUT2D eigenvalue weighted by molar-refractivity contribution is 0.0154. The van der Waals surface area contributed by atoms with E-state index in [1.54, 1.807) is 0 Å². The monoisotopic (exact) mass is 359 g/mol. The normalized spacial score (nSPS) is 16.4. The van der Waals surface area contributed by atoms with Gasteiger partial charge < -0.3 is 9.64 Å². The molecule has 0 bridgehead atoms. The third-order valence-electron chi connectivity index (χ3n) is 3.59. The van der Waals surface area contributed by atoms with Crippen LogP contribution in [-0.2, 0) is 4.74 Å². The number of halogens is 2. The van der Waals surface area contributed by atoms with Gasteiger partial charge in [-0.15, -0.1) is 11.6 Å². The number of piperidine rings is 1.